The van der Waals surface area contributed by atoms with Gasteiger partial charge in [-0.1, -0.05) is 6.92 Å². The quantitative estimate of drug-likeness (QED) is 0.893. The molecule has 0 aromatic heterocycles. The van der Waals surface area contributed by atoms with Crippen molar-refractivity contribution >= 4 is 17.5 Å². The highest BCUT2D eigenvalue weighted by Crippen LogP contribution is 2.24. The van der Waals surface area contributed by atoms with Crippen molar-refractivity contribution in [1.29, 1.82) is 0 Å². The summed E-state index contributed by atoms with van der Waals surface area (Å²) in [5, 5.41) is 2.79. The van der Waals surface area contributed by atoms with Crippen LogP contribution in [0, 0.1) is 0 Å². The van der Waals surface area contributed by atoms with E-state index in [1.54, 1.807) is 0 Å². The van der Waals surface area contributed by atoms with Gasteiger partial charge in [-0.2, -0.15) is 0 Å². The van der Waals surface area contributed by atoms with Gasteiger partial charge in [0.1, 0.15) is 0 Å². The van der Waals surface area contributed by atoms with E-state index in [-0.39, 0.29) is 11.8 Å². The molecule has 1 unspecified atom stereocenters. The molecular weight excluding hydrogens is 266 g/mol. The first-order valence-electron chi connectivity index (χ1n) is 7.54. The molecule has 3 rings (SSSR count). The van der Waals surface area contributed by atoms with Gasteiger partial charge in [-0.05, 0) is 37.2 Å². The third-order valence-corrected chi connectivity index (χ3v) is 4.44. The molecule has 1 saturated heterocycles. The lowest BCUT2D eigenvalue weighted by molar-refractivity contribution is -0.115. The predicted molar refractivity (Wildman–Crippen MR) is 81.4 cm³/mol. The van der Waals surface area contributed by atoms with Crippen LogP contribution in [0.3, 0.4) is 0 Å². The van der Waals surface area contributed by atoms with Crippen LogP contribution in [-0.2, 0) is 11.2 Å². The standard InChI is InChI=1S/C16H21N3O2/c1-3-18-6-7-19(10-11(18)2)16(21)12-4-5-14-13(8-12)9-15(20)17-14/h4-5,8,11H,3,6-7,9-10H2,1-2H3,(H,17,20). The predicted octanol–water partition coefficient (Wildman–Crippen LogP) is 1.35. The number of nitrogens with zero attached hydrogens (tertiary/aromatic N) is 2. The molecule has 1 fully saturated rings. The second kappa shape index (κ2) is 5.48. The van der Waals surface area contributed by atoms with Gasteiger partial charge in [-0.15, -0.1) is 0 Å². The van der Waals surface area contributed by atoms with Crippen molar-refractivity contribution in [3.8, 4) is 0 Å². The number of benzene rings is 1. The molecule has 0 radical (unpaired) electrons. The highest BCUT2D eigenvalue weighted by molar-refractivity contribution is 6.01. The van der Waals surface area contributed by atoms with Gasteiger partial charge in [-0.25, -0.2) is 0 Å². The summed E-state index contributed by atoms with van der Waals surface area (Å²) in [5.74, 6) is 0.0690. The number of carbonyl (C=O) groups is 2. The Labute approximate surface area is 124 Å². The van der Waals surface area contributed by atoms with E-state index in [0.29, 0.717) is 18.0 Å². The van der Waals surface area contributed by atoms with Crippen LogP contribution in [0.5, 0.6) is 0 Å². The molecule has 0 aliphatic carbocycles. The number of fused-ring (bicyclic) bond motifs is 1. The van der Waals surface area contributed by atoms with Gasteiger partial charge >= 0.3 is 0 Å². The number of piperazine rings is 1. The Morgan fingerprint density at radius 1 is 1.38 bits per heavy atom. The van der Waals surface area contributed by atoms with E-state index in [1.165, 1.54) is 0 Å². The number of likely N-dealkylation sites (N-methyl/N-ethyl adjacent to an activating group) is 1. The Hall–Kier alpha value is -1.88. The maximum absolute atomic E-state index is 12.6. The van der Waals surface area contributed by atoms with Gasteiger partial charge < -0.3 is 10.2 Å². The molecule has 2 heterocycles. The van der Waals surface area contributed by atoms with Crippen molar-refractivity contribution in [2.45, 2.75) is 26.3 Å². The number of carbonyl (C=O) groups excluding carboxylic acids is 2. The van der Waals surface area contributed by atoms with Crippen LogP contribution in [0.15, 0.2) is 18.2 Å². The summed E-state index contributed by atoms with van der Waals surface area (Å²) in [5.41, 5.74) is 2.44. The molecule has 0 saturated carbocycles. The molecule has 1 aromatic rings. The van der Waals surface area contributed by atoms with E-state index in [2.05, 4.69) is 24.1 Å². The molecule has 0 bridgehead atoms. The van der Waals surface area contributed by atoms with Gasteiger partial charge in [0.25, 0.3) is 5.91 Å². The Morgan fingerprint density at radius 2 is 2.19 bits per heavy atom. The van der Waals surface area contributed by atoms with Crippen molar-refractivity contribution in [3.63, 3.8) is 0 Å². The lowest BCUT2D eigenvalue weighted by Gasteiger charge is -2.39. The highest BCUT2D eigenvalue weighted by atomic mass is 16.2. The number of rotatable bonds is 2. The van der Waals surface area contributed by atoms with Crippen molar-refractivity contribution < 1.29 is 9.59 Å². The smallest absolute Gasteiger partial charge is 0.253 e. The summed E-state index contributed by atoms with van der Waals surface area (Å²) in [4.78, 5) is 28.3. The van der Waals surface area contributed by atoms with E-state index in [0.717, 1.165) is 37.4 Å². The van der Waals surface area contributed by atoms with E-state index < -0.39 is 0 Å². The van der Waals surface area contributed by atoms with Gasteiger partial charge in [0.05, 0.1) is 6.42 Å². The monoisotopic (exact) mass is 287 g/mol. The third-order valence-electron chi connectivity index (χ3n) is 4.44. The fraction of sp³-hybridized carbons (Fsp3) is 0.500. The molecular formula is C16H21N3O2. The topological polar surface area (TPSA) is 52.7 Å². The van der Waals surface area contributed by atoms with E-state index in [4.69, 9.17) is 0 Å². The summed E-state index contributed by atoms with van der Waals surface area (Å²) in [6, 6.07) is 5.89. The van der Waals surface area contributed by atoms with E-state index in [9.17, 15) is 9.59 Å². The SMILES string of the molecule is CCN1CCN(C(=O)c2ccc3c(c2)CC(=O)N3)CC1C. The maximum atomic E-state index is 12.6. The molecule has 112 valence electrons. The Balaban J connectivity index is 1.74. The molecule has 2 aliphatic rings. The van der Waals surface area contributed by atoms with E-state index >= 15 is 0 Å². The fourth-order valence-electron chi connectivity index (χ4n) is 3.19. The second-order valence-electron chi connectivity index (χ2n) is 5.83. The molecule has 1 atom stereocenters. The van der Waals surface area contributed by atoms with Gasteiger partial charge in [0.2, 0.25) is 5.91 Å². The molecule has 1 N–H and O–H groups in total. The largest absolute Gasteiger partial charge is 0.336 e. The maximum Gasteiger partial charge on any atom is 0.253 e. The highest BCUT2D eigenvalue weighted by Gasteiger charge is 2.27. The van der Waals surface area contributed by atoms with Crippen molar-refractivity contribution in [3.05, 3.63) is 29.3 Å². The fourth-order valence-corrected chi connectivity index (χ4v) is 3.19. The van der Waals surface area contributed by atoms with Crippen molar-refractivity contribution in [1.82, 2.24) is 9.80 Å². The Morgan fingerprint density at radius 3 is 2.90 bits per heavy atom. The average molecular weight is 287 g/mol. The lowest BCUT2D eigenvalue weighted by Crippen LogP contribution is -2.53. The molecule has 2 amide bonds. The minimum absolute atomic E-state index is 0.000202. The number of hydrogen-bond donors (Lipinski definition) is 1. The summed E-state index contributed by atoms with van der Waals surface area (Å²) >= 11 is 0. The normalized spacial score (nSPS) is 22.1. The van der Waals surface area contributed by atoms with Crippen LogP contribution in [-0.4, -0.2) is 53.8 Å². The van der Waals surface area contributed by atoms with Gasteiger partial charge in [-0.3, -0.25) is 14.5 Å². The summed E-state index contributed by atoms with van der Waals surface area (Å²) in [6.07, 6.45) is 0.371. The minimum Gasteiger partial charge on any atom is -0.336 e. The van der Waals surface area contributed by atoms with Crippen LogP contribution in [0.2, 0.25) is 0 Å². The first-order chi connectivity index (χ1) is 10.1. The zero-order chi connectivity index (χ0) is 15.0. The van der Waals surface area contributed by atoms with Crippen LogP contribution in [0.25, 0.3) is 0 Å². The van der Waals surface area contributed by atoms with E-state index in [1.807, 2.05) is 23.1 Å². The zero-order valence-electron chi connectivity index (χ0n) is 12.6. The zero-order valence-corrected chi connectivity index (χ0v) is 12.6. The average Bonchev–Trinajstić information content (AvgIpc) is 2.85. The number of amides is 2. The van der Waals surface area contributed by atoms with Crippen LogP contribution >= 0.6 is 0 Å². The molecule has 5 heteroatoms. The van der Waals surface area contributed by atoms with Gasteiger partial charge in [0, 0.05) is 36.9 Å². The molecule has 0 spiro atoms. The van der Waals surface area contributed by atoms with Gasteiger partial charge in [0.15, 0.2) is 0 Å². The van der Waals surface area contributed by atoms with Crippen LogP contribution in [0.1, 0.15) is 29.8 Å². The first-order valence-corrected chi connectivity index (χ1v) is 7.54. The lowest BCUT2D eigenvalue weighted by atomic mass is 10.1. The number of nitrogens with one attached hydrogen (secondary N) is 1. The summed E-state index contributed by atoms with van der Waals surface area (Å²) < 4.78 is 0. The third kappa shape index (κ3) is 2.65. The second-order valence-corrected chi connectivity index (χ2v) is 5.83. The van der Waals surface area contributed by atoms with Crippen molar-refractivity contribution in [2.24, 2.45) is 0 Å². The van der Waals surface area contributed by atoms with Crippen LogP contribution < -0.4 is 5.32 Å². The number of anilines is 1. The summed E-state index contributed by atoms with van der Waals surface area (Å²) in [6.45, 7) is 7.79. The Kier molecular flexibility index (Phi) is 3.68. The minimum atomic E-state index is -0.000202. The number of hydrogen-bond acceptors (Lipinski definition) is 3. The molecule has 5 nitrogen and oxygen atoms in total. The van der Waals surface area contributed by atoms with Crippen LogP contribution in [0.4, 0.5) is 5.69 Å². The molecule has 2 aliphatic heterocycles. The molecule has 21 heavy (non-hydrogen) atoms. The first kappa shape index (κ1) is 14.1. The molecule has 1 aromatic carbocycles. The van der Waals surface area contributed by atoms with Crippen molar-refractivity contribution in [2.75, 3.05) is 31.5 Å². The Bertz CT molecular complexity index is 585. The summed E-state index contributed by atoms with van der Waals surface area (Å²) in [7, 11) is 0.